The van der Waals surface area contributed by atoms with Crippen LogP contribution in [0.4, 0.5) is 5.69 Å². The molecule has 23 heavy (non-hydrogen) atoms. The zero-order valence-corrected chi connectivity index (χ0v) is 13.3. The van der Waals surface area contributed by atoms with Crippen molar-refractivity contribution in [3.63, 3.8) is 0 Å². The molecule has 0 saturated carbocycles. The van der Waals surface area contributed by atoms with Gasteiger partial charge in [0.1, 0.15) is 5.75 Å². The topological polar surface area (TPSA) is 67.8 Å². The SMILES string of the molecule is COc1ccc(/C=C/C(=O)Nc2cc(C)ccc2O)cc1OC. The van der Waals surface area contributed by atoms with Crippen LogP contribution in [0.3, 0.4) is 0 Å². The van der Waals surface area contributed by atoms with Crippen molar-refractivity contribution in [2.24, 2.45) is 0 Å². The molecule has 2 aromatic rings. The molecule has 120 valence electrons. The van der Waals surface area contributed by atoms with Gasteiger partial charge in [0.05, 0.1) is 19.9 Å². The van der Waals surface area contributed by atoms with Gasteiger partial charge in [0.25, 0.3) is 0 Å². The highest BCUT2D eigenvalue weighted by molar-refractivity contribution is 6.02. The molecule has 0 fully saturated rings. The van der Waals surface area contributed by atoms with E-state index >= 15 is 0 Å². The molecule has 0 aliphatic heterocycles. The van der Waals surface area contributed by atoms with E-state index in [1.165, 1.54) is 6.08 Å². The minimum Gasteiger partial charge on any atom is -0.506 e. The number of methoxy groups -OCH3 is 2. The fraction of sp³-hybridized carbons (Fsp3) is 0.167. The highest BCUT2D eigenvalue weighted by Gasteiger charge is 2.05. The number of carbonyl (C=O) groups is 1. The van der Waals surface area contributed by atoms with E-state index in [2.05, 4.69) is 5.32 Å². The Labute approximate surface area is 135 Å². The van der Waals surface area contributed by atoms with Crippen LogP contribution in [-0.2, 0) is 4.79 Å². The van der Waals surface area contributed by atoms with Gasteiger partial charge in [-0.05, 0) is 48.4 Å². The van der Waals surface area contributed by atoms with Crippen LogP contribution in [0.25, 0.3) is 6.08 Å². The van der Waals surface area contributed by atoms with Crippen molar-refractivity contribution in [3.8, 4) is 17.2 Å². The molecule has 0 radical (unpaired) electrons. The van der Waals surface area contributed by atoms with Crippen molar-refractivity contribution in [2.75, 3.05) is 19.5 Å². The van der Waals surface area contributed by atoms with Crippen molar-refractivity contribution < 1.29 is 19.4 Å². The number of aryl methyl sites for hydroxylation is 1. The number of aromatic hydroxyl groups is 1. The lowest BCUT2D eigenvalue weighted by atomic mass is 10.2. The number of rotatable bonds is 5. The maximum atomic E-state index is 12.0. The number of hydrogen-bond acceptors (Lipinski definition) is 4. The number of phenolic OH excluding ortho intramolecular Hbond substituents is 1. The van der Waals surface area contributed by atoms with Crippen LogP contribution in [0.1, 0.15) is 11.1 Å². The van der Waals surface area contributed by atoms with Crippen molar-refractivity contribution >= 4 is 17.7 Å². The zero-order valence-electron chi connectivity index (χ0n) is 13.3. The molecule has 0 aromatic heterocycles. The molecule has 0 saturated heterocycles. The van der Waals surface area contributed by atoms with Gasteiger partial charge in [-0.25, -0.2) is 0 Å². The number of amides is 1. The first-order chi connectivity index (χ1) is 11.0. The number of phenols is 1. The molecular formula is C18H19NO4. The number of anilines is 1. The van der Waals surface area contributed by atoms with Crippen molar-refractivity contribution in [1.82, 2.24) is 0 Å². The molecule has 2 N–H and O–H groups in total. The second-order valence-electron chi connectivity index (χ2n) is 4.96. The molecule has 0 aliphatic carbocycles. The van der Waals surface area contributed by atoms with Crippen LogP contribution < -0.4 is 14.8 Å². The smallest absolute Gasteiger partial charge is 0.248 e. The normalized spacial score (nSPS) is 10.6. The summed E-state index contributed by atoms with van der Waals surface area (Å²) in [4.78, 5) is 12.0. The number of carbonyl (C=O) groups excluding carboxylic acids is 1. The Morgan fingerprint density at radius 1 is 1.09 bits per heavy atom. The molecule has 2 aromatic carbocycles. The second-order valence-corrected chi connectivity index (χ2v) is 4.96. The van der Waals surface area contributed by atoms with Crippen LogP contribution >= 0.6 is 0 Å². The molecule has 5 nitrogen and oxygen atoms in total. The molecule has 0 bridgehead atoms. The molecule has 0 spiro atoms. The summed E-state index contributed by atoms with van der Waals surface area (Å²) in [6, 6.07) is 10.4. The second kappa shape index (κ2) is 7.35. The van der Waals surface area contributed by atoms with Crippen LogP contribution in [0.5, 0.6) is 17.2 Å². The van der Waals surface area contributed by atoms with Crippen LogP contribution in [-0.4, -0.2) is 25.2 Å². The van der Waals surface area contributed by atoms with Crippen molar-refractivity contribution in [1.29, 1.82) is 0 Å². The van der Waals surface area contributed by atoms with Crippen molar-refractivity contribution in [3.05, 3.63) is 53.6 Å². The molecule has 0 aliphatic rings. The Hall–Kier alpha value is -2.95. The van der Waals surface area contributed by atoms with Crippen molar-refractivity contribution in [2.45, 2.75) is 6.92 Å². The molecular weight excluding hydrogens is 294 g/mol. The van der Waals surface area contributed by atoms with E-state index in [-0.39, 0.29) is 11.7 Å². The van der Waals surface area contributed by atoms with Gasteiger partial charge >= 0.3 is 0 Å². The zero-order chi connectivity index (χ0) is 16.8. The van der Waals surface area contributed by atoms with Crippen LogP contribution in [0, 0.1) is 6.92 Å². The number of benzene rings is 2. The Morgan fingerprint density at radius 2 is 1.83 bits per heavy atom. The average Bonchev–Trinajstić information content (AvgIpc) is 2.56. The first kappa shape index (κ1) is 16.4. The summed E-state index contributed by atoms with van der Waals surface area (Å²) in [6.45, 7) is 1.88. The van der Waals surface area contributed by atoms with Gasteiger partial charge in [-0.15, -0.1) is 0 Å². The fourth-order valence-electron chi connectivity index (χ4n) is 2.05. The minimum atomic E-state index is -0.333. The maximum absolute atomic E-state index is 12.0. The van der Waals surface area contributed by atoms with Gasteiger partial charge in [-0.3, -0.25) is 4.79 Å². The largest absolute Gasteiger partial charge is 0.506 e. The van der Waals surface area contributed by atoms with Gasteiger partial charge in [-0.2, -0.15) is 0 Å². The number of nitrogens with one attached hydrogen (secondary N) is 1. The molecule has 0 unspecified atom stereocenters. The number of hydrogen-bond donors (Lipinski definition) is 2. The monoisotopic (exact) mass is 313 g/mol. The summed E-state index contributed by atoms with van der Waals surface area (Å²) in [5, 5.41) is 12.4. The molecule has 0 atom stereocenters. The van der Waals surface area contributed by atoms with E-state index in [0.29, 0.717) is 17.2 Å². The minimum absolute atomic E-state index is 0.0310. The maximum Gasteiger partial charge on any atom is 0.248 e. The number of ether oxygens (including phenoxy) is 2. The van der Waals surface area contributed by atoms with Gasteiger partial charge in [0, 0.05) is 6.08 Å². The molecule has 0 heterocycles. The predicted octanol–water partition coefficient (Wildman–Crippen LogP) is 3.37. The standard InChI is InChI=1S/C18H19NO4/c1-12-4-7-15(20)14(10-12)19-18(21)9-6-13-5-8-16(22-2)17(11-13)23-3/h4-11,20H,1-3H3,(H,19,21)/b9-6+. The highest BCUT2D eigenvalue weighted by Crippen LogP contribution is 2.28. The van der Waals surface area contributed by atoms with E-state index in [1.807, 2.05) is 13.0 Å². The van der Waals surface area contributed by atoms with Gasteiger partial charge in [-0.1, -0.05) is 12.1 Å². The quantitative estimate of drug-likeness (QED) is 0.656. The third-order valence-corrected chi connectivity index (χ3v) is 3.24. The first-order valence-electron chi connectivity index (χ1n) is 7.04. The summed E-state index contributed by atoms with van der Waals surface area (Å²) < 4.78 is 10.4. The van der Waals surface area contributed by atoms with Gasteiger partial charge in [0.15, 0.2) is 11.5 Å². The summed E-state index contributed by atoms with van der Waals surface area (Å²) in [7, 11) is 3.12. The first-order valence-corrected chi connectivity index (χ1v) is 7.04. The fourth-order valence-corrected chi connectivity index (χ4v) is 2.05. The predicted molar refractivity (Wildman–Crippen MR) is 90.1 cm³/mol. The lowest BCUT2D eigenvalue weighted by molar-refractivity contribution is -0.111. The Kier molecular flexibility index (Phi) is 5.25. The Morgan fingerprint density at radius 3 is 2.52 bits per heavy atom. The summed E-state index contributed by atoms with van der Waals surface area (Å²) in [6.07, 6.45) is 3.05. The molecule has 2 rings (SSSR count). The van der Waals surface area contributed by atoms with E-state index in [0.717, 1.165) is 11.1 Å². The van der Waals surface area contributed by atoms with Gasteiger partial charge in [0.2, 0.25) is 5.91 Å². The lowest BCUT2D eigenvalue weighted by Gasteiger charge is -2.08. The Balaban J connectivity index is 2.10. The molecule has 1 amide bonds. The van der Waals surface area contributed by atoms with Gasteiger partial charge < -0.3 is 19.9 Å². The average molecular weight is 313 g/mol. The van der Waals surface area contributed by atoms with E-state index in [4.69, 9.17) is 9.47 Å². The van der Waals surface area contributed by atoms with Crippen LogP contribution in [0.2, 0.25) is 0 Å². The van der Waals surface area contributed by atoms with E-state index < -0.39 is 0 Å². The van der Waals surface area contributed by atoms with E-state index in [1.54, 1.807) is 50.6 Å². The summed E-state index contributed by atoms with van der Waals surface area (Å²) >= 11 is 0. The Bertz CT molecular complexity index is 738. The highest BCUT2D eigenvalue weighted by atomic mass is 16.5. The summed E-state index contributed by atoms with van der Waals surface area (Å²) in [5.74, 6) is 0.911. The van der Waals surface area contributed by atoms with E-state index in [9.17, 15) is 9.90 Å². The molecule has 5 heteroatoms. The summed E-state index contributed by atoms with van der Waals surface area (Å²) in [5.41, 5.74) is 2.13. The van der Waals surface area contributed by atoms with Crippen LogP contribution in [0.15, 0.2) is 42.5 Å². The third-order valence-electron chi connectivity index (χ3n) is 3.24. The third kappa shape index (κ3) is 4.26. The lowest BCUT2D eigenvalue weighted by Crippen LogP contribution is -2.08.